The summed E-state index contributed by atoms with van der Waals surface area (Å²) < 4.78 is 2.18. The topological polar surface area (TPSA) is 60.1 Å². The zero-order valence-corrected chi connectivity index (χ0v) is 9.98. The minimum absolute atomic E-state index is 0.0669. The molecule has 1 aromatic carbocycles. The molecular formula is C13H10N4O2. The van der Waals surface area contributed by atoms with Crippen LogP contribution >= 0.6 is 0 Å². The third-order valence-corrected chi connectivity index (χ3v) is 2.94. The van der Waals surface area contributed by atoms with E-state index in [2.05, 4.69) is 11.0 Å². The molecule has 1 aliphatic heterocycles. The molecular weight excluding hydrogens is 244 g/mol. The standard InChI is InChI=1S/C13H10N4O2/c1-2-8-16-13(19)17-11(14-16)9-15(12(17)18)10-6-4-3-5-7-10/h1,3-7H,8-9H2. The minimum Gasteiger partial charge on any atom is -0.286 e. The Morgan fingerprint density at radius 3 is 2.63 bits per heavy atom. The fourth-order valence-electron chi connectivity index (χ4n) is 2.08. The average molecular weight is 254 g/mol. The predicted molar refractivity (Wildman–Crippen MR) is 68.7 cm³/mol. The van der Waals surface area contributed by atoms with Gasteiger partial charge in [-0.05, 0) is 12.1 Å². The van der Waals surface area contributed by atoms with Crippen molar-refractivity contribution >= 4 is 11.7 Å². The highest BCUT2D eigenvalue weighted by Crippen LogP contribution is 2.21. The van der Waals surface area contributed by atoms with Gasteiger partial charge in [0.05, 0.1) is 6.54 Å². The first kappa shape index (κ1) is 11.3. The van der Waals surface area contributed by atoms with Gasteiger partial charge in [0.15, 0.2) is 5.82 Å². The van der Waals surface area contributed by atoms with Crippen LogP contribution < -0.4 is 10.6 Å². The summed E-state index contributed by atoms with van der Waals surface area (Å²) in [5.74, 6) is 2.74. The lowest BCUT2D eigenvalue weighted by molar-refractivity contribution is 0.250. The van der Waals surface area contributed by atoms with Crippen molar-refractivity contribution in [1.82, 2.24) is 14.3 Å². The lowest BCUT2D eigenvalue weighted by atomic mass is 10.3. The van der Waals surface area contributed by atoms with Gasteiger partial charge in [0, 0.05) is 5.69 Å². The number of terminal acetylenes is 1. The molecule has 1 aromatic heterocycles. The van der Waals surface area contributed by atoms with E-state index in [1.165, 1.54) is 4.90 Å². The van der Waals surface area contributed by atoms with Gasteiger partial charge < -0.3 is 0 Å². The molecule has 0 unspecified atom stereocenters. The largest absolute Gasteiger partial charge is 0.355 e. The number of benzene rings is 1. The van der Waals surface area contributed by atoms with E-state index >= 15 is 0 Å². The number of carbonyl (C=O) groups excluding carboxylic acids is 1. The number of hydrogen-bond acceptors (Lipinski definition) is 3. The Hall–Kier alpha value is -2.81. The second-order valence-corrected chi connectivity index (χ2v) is 4.10. The molecule has 6 nitrogen and oxygen atoms in total. The molecule has 1 aliphatic rings. The predicted octanol–water partition coefficient (Wildman–Crippen LogP) is 0.666. The number of amides is 1. The van der Waals surface area contributed by atoms with E-state index in [1.54, 1.807) is 0 Å². The number of para-hydroxylation sites is 1. The first-order chi connectivity index (χ1) is 9.22. The Bertz CT molecular complexity index is 736. The molecule has 0 fully saturated rings. The summed E-state index contributed by atoms with van der Waals surface area (Å²) in [5.41, 5.74) is 0.247. The molecule has 0 radical (unpaired) electrons. The number of nitrogens with zero attached hydrogens (tertiary/aromatic N) is 4. The Kier molecular flexibility index (Phi) is 2.46. The van der Waals surface area contributed by atoms with Gasteiger partial charge in [-0.15, -0.1) is 6.42 Å². The van der Waals surface area contributed by atoms with E-state index in [4.69, 9.17) is 6.42 Å². The zero-order chi connectivity index (χ0) is 13.4. The number of carbonyl (C=O) groups is 1. The Morgan fingerprint density at radius 2 is 2.00 bits per heavy atom. The quantitative estimate of drug-likeness (QED) is 0.740. The van der Waals surface area contributed by atoms with Gasteiger partial charge in [0.2, 0.25) is 0 Å². The van der Waals surface area contributed by atoms with E-state index in [-0.39, 0.29) is 13.1 Å². The summed E-state index contributed by atoms with van der Waals surface area (Å²) in [5, 5.41) is 4.07. The average Bonchev–Trinajstić information content (AvgIpc) is 2.90. The first-order valence-electron chi connectivity index (χ1n) is 5.71. The summed E-state index contributed by atoms with van der Waals surface area (Å²) in [6.45, 7) is 0.340. The number of anilines is 1. The van der Waals surface area contributed by atoms with Crippen LogP contribution in [0.3, 0.4) is 0 Å². The van der Waals surface area contributed by atoms with Gasteiger partial charge in [-0.1, -0.05) is 24.1 Å². The molecule has 0 bridgehead atoms. The molecule has 0 N–H and O–H groups in total. The van der Waals surface area contributed by atoms with Crippen molar-refractivity contribution in [3.05, 3.63) is 46.6 Å². The SMILES string of the molecule is C#CCn1nc2n(c1=O)C(=O)N(c1ccccc1)C2. The highest BCUT2D eigenvalue weighted by molar-refractivity contribution is 5.95. The molecule has 94 valence electrons. The van der Waals surface area contributed by atoms with Gasteiger partial charge in [-0.2, -0.15) is 9.67 Å². The molecule has 0 aliphatic carbocycles. The normalized spacial score (nSPS) is 13.4. The van der Waals surface area contributed by atoms with Crippen molar-refractivity contribution in [2.24, 2.45) is 0 Å². The summed E-state index contributed by atoms with van der Waals surface area (Å²) in [7, 11) is 0. The monoisotopic (exact) mass is 254 g/mol. The third kappa shape index (κ3) is 1.64. The van der Waals surface area contributed by atoms with Crippen molar-refractivity contribution in [3.8, 4) is 12.3 Å². The summed E-state index contributed by atoms with van der Waals surface area (Å²) in [6.07, 6.45) is 5.15. The maximum atomic E-state index is 12.2. The van der Waals surface area contributed by atoms with Crippen molar-refractivity contribution in [1.29, 1.82) is 0 Å². The lowest BCUT2D eigenvalue weighted by Crippen LogP contribution is -2.34. The van der Waals surface area contributed by atoms with Crippen LogP contribution in [0.15, 0.2) is 35.1 Å². The molecule has 0 saturated carbocycles. The number of hydrogen-bond donors (Lipinski definition) is 0. The van der Waals surface area contributed by atoms with E-state index in [9.17, 15) is 9.59 Å². The molecule has 0 atom stereocenters. The smallest absolute Gasteiger partial charge is 0.286 e. The van der Waals surface area contributed by atoms with Crippen LogP contribution in [-0.2, 0) is 13.1 Å². The lowest BCUT2D eigenvalue weighted by Gasteiger charge is -2.14. The highest BCUT2D eigenvalue weighted by atomic mass is 16.2. The van der Waals surface area contributed by atoms with E-state index in [0.29, 0.717) is 5.82 Å². The van der Waals surface area contributed by atoms with Crippen LogP contribution in [0.4, 0.5) is 10.5 Å². The summed E-state index contributed by atoms with van der Waals surface area (Å²) in [6, 6.07) is 8.76. The Balaban J connectivity index is 2.01. The second kappa shape index (κ2) is 4.14. The van der Waals surface area contributed by atoms with E-state index in [0.717, 1.165) is 14.9 Å². The molecule has 19 heavy (non-hydrogen) atoms. The van der Waals surface area contributed by atoms with Crippen molar-refractivity contribution in [2.75, 3.05) is 4.90 Å². The molecule has 2 heterocycles. The molecule has 3 rings (SSSR count). The number of rotatable bonds is 2. The third-order valence-electron chi connectivity index (χ3n) is 2.94. The van der Waals surface area contributed by atoms with E-state index < -0.39 is 11.7 Å². The van der Waals surface area contributed by atoms with Crippen LogP contribution in [0, 0.1) is 12.3 Å². The summed E-state index contributed by atoms with van der Waals surface area (Å²) >= 11 is 0. The molecule has 1 amide bonds. The van der Waals surface area contributed by atoms with Gasteiger partial charge in [0.25, 0.3) is 0 Å². The minimum atomic E-state index is -0.489. The van der Waals surface area contributed by atoms with Crippen LogP contribution in [0.25, 0.3) is 0 Å². The number of fused-ring (bicyclic) bond motifs is 1. The maximum absolute atomic E-state index is 12.2. The zero-order valence-electron chi connectivity index (χ0n) is 9.98. The highest BCUT2D eigenvalue weighted by Gasteiger charge is 2.33. The van der Waals surface area contributed by atoms with Gasteiger partial charge in [0.1, 0.15) is 6.54 Å². The fraction of sp³-hybridized carbons (Fsp3) is 0.154. The molecule has 6 heteroatoms. The van der Waals surface area contributed by atoms with Crippen molar-refractivity contribution in [2.45, 2.75) is 13.1 Å². The Labute approximate surface area is 108 Å². The van der Waals surface area contributed by atoms with Crippen LogP contribution in [0.2, 0.25) is 0 Å². The molecule has 0 spiro atoms. The Morgan fingerprint density at radius 1 is 1.26 bits per heavy atom. The molecule has 2 aromatic rings. The summed E-state index contributed by atoms with van der Waals surface area (Å²) in [4.78, 5) is 25.7. The number of aromatic nitrogens is 3. The van der Waals surface area contributed by atoms with Crippen LogP contribution in [0.1, 0.15) is 5.82 Å². The van der Waals surface area contributed by atoms with Gasteiger partial charge >= 0.3 is 11.7 Å². The fourth-order valence-corrected chi connectivity index (χ4v) is 2.08. The van der Waals surface area contributed by atoms with Gasteiger partial charge in [-0.3, -0.25) is 4.90 Å². The maximum Gasteiger partial charge on any atom is 0.355 e. The first-order valence-corrected chi connectivity index (χ1v) is 5.71. The van der Waals surface area contributed by atoms with Crippen molar-refractivity contribution in [3.63, 3.8) is 0 Å². The second-order valence-electron chi connectivity index (χ2n) is 4.10. The van der Waals surface area contributed by atoms with Crippen molar-refractivity contribution < 1.29 is 4.79 Å². The van der Waals surface area contributed by atoms with E-state index in [1.807, 2.05) is 30.3 Å². The van der Waals surface area contributed by atoms with Gasteiger partial charge in [-0.25, -0.2) is 14.3 Å². The van der Waals surface area contributed by atoms with Crippen LogP contribution in [-0.4, -0.2) is 20.4 Å². The molecule has 0 saturated heterocycles. The van der Waals surface area contributed by atoms with Crippen LogP contribution in [0.5, 0.6) is 0 Å².